The van der Waals surface area contributed by atoms with Crippen molar-refractivity contribution in [2.45, 2.75) is 187 Å². The van der Waals surface area contributed by atoms with Crippen LogP contribution in [0.15, 0.2) is 48.6 Å². The number of allylic oxidation sites excluding steroid dienone is 8. The number of unbranched alkanes of at least 4 members (excludes halogenated alkanes) is 19. The summed E-state index contributed by atoms with van der Waals surface area (Å²) in [5, 5.41) is 0. The van der Waals surface area contributed by atoms with Crippen molar-refractivity contribution in [2.24, 2.45) is 0 Å². The first-order valence-corrected chi connectivity index (χ1v) is 23.9. The normalized spacial score (nSPS) is 14.2. The van der Waals surface area contributed by atoms with Crippen LogP contribution < -0.4 is 0 Å². The van der Waals surface area contributed by atoms with Gasteiger partial charge >= 0.3 is 13.8 Å². The molecule has 0 aromatic rings. The molecule has 0 fully saturated rings. The number of carbonyl (C=O) groups is 1. The largest absolute Gasteiger partial charge is 0.472 e. The van der Waals surface area contributed by atoms with Crippen molar-refractivity contribution in [3.8, 4) is 0 Å². The van der Waals surface area contributed by atoms with Gasteiger partial charge in [-0.15, -0.1) is 0 Å². The Bertz CT molecular complexity index is 1020. The first-order valence-electron chi connectivity index (χ1n) is 22.4. The Hall–Kier alpha value is -1.54. The molecule has 9 heteroatoms. The minimum Gasteiger partial charge on any atom is -0.463 e. The highest BCUT2D eigenvalue weighted by atomic mass is 31.2. The van der Waals surface area contributed by atoms with E-state index in [-0.39, 0.29) is 25.8 Å². The van der Waals surface area contributed by atoms with E-state index in [9.17, 15) is 14.3 Å². The van der Waals surface area contributed by atoms with Crippen LogP contribution >= 0.6 is 7.82 Å². The van der Waals surface area contributed by atoms with E-state index >= 15 is 0 Å². The lowest BCUT2D eigenvalue weighted by molar-refractivity contribution is -0.870. The molecule has 322 valence electrons. The molecule has 0 bridgehead atoms. The smallest absolute Gasteiger partial charge is 0.463 e. The lowest BCUT2D eigenvalue weighted by atomic mass is 10.0. The molecular weight excluding hydrogens is 711 g/mol. The van der Waals surface area contributed by atoms with Crippen molar-refractivity contribution >= 4 is 13.8 Å². The summed E-state index contributed by atoms with van der Waals surface area (Å²) in [6.07, 6.45) is 47.3. The number of nitrogens with zero attached hydrogens (tertiary/aromatic N) is 1. The Labute approximate surface area is 339 Å². The fraction of sp³-hybridized carbons (Fsp3) is 0.804. The van der Waals surface area contributed by atoms with Crippen LogP contribution in [0.25, 0.3) is 0 Å². The van der Waals surface area contributed by atoms with Crippen LogP contribution in [0.3, 0.4) is 0 Å². The maximum absolute atomic E-state index is 12.5. The molecule has 0 aliphatic carbocycles. The summed E-state index contributed by atoms with van der Waals surface area (Å²) in [7, 11) is 1.68. The van der Waals surface area contributed by atoms with E-state index in [1.807, 2.05) is 21.1 Å². The molecule has 0 radical (unpaired) electrons. The third-order valence-electron chi connectivity index (χ3n) is 9.43. The van der Waals surface area contributed by atoms with Gasteiger partial charge in [0.2, 0.25) is 0 Å². The van der Waals surface area contributed by atoms with Crippen molar-refractivity contribution in [3.05, 3.63) is 48.6 Å². The Morgan fingerprint density at radius 1 is 0.564 bits per heavy atom. The fourth-order valence-electron chi connectivity index (χ4n) is 5.86. The summed E-state index contributed by atoms with van der Waals surface area (Å²) < 4.78 is 35.0. The zero-order valence-electron chi connectivity index (χ0n) is 36.4. The summed E-state index contributed by atoms with van der Waals surface area (Å²) in [5.74, 6) is -0.268. The molecule has 0 heterocycles. The molecule has 0 aromatic carbocycles. The molecular formula is C46H87NO7P+. The minimum atomic E-state index is -4.26. The Balaban J connectivity index is 4.31. The number of quaternary nitrogens is 1. The standard InChI is InChI=1S/C46H86NO7P/c1-6-8-10-12-14-16-18-20-22-23-24-26-28-30-32-34-36-38-41-51-45(44-54-55(49,50)53-42-40-47(3,4)5)43-52-46(48)39-37-35-33-31-29-27-25-21-19-17-15-13-11-9-7-2/h14,16,20,22,24,26,30,32,45H,6-13,15,17-19,21,23,25,27-29,31,33-44H2,1-5H3/p+1/b16-14-,22-20-,26-24-,32-30-/t45-/m1/s1/i46+2. The van der Waals surface area contributed by atoms with Crippen molar-refractivity contribution in [1.82, 2.24) is 0 Å². The van der Waals surface area contributed by atoms with Gasteiger partial charge in [0.05, 0.1) is 27.7 Å². The third-order valence-corrected chi connectivity index (χ3v) is 10.4. The van der Waals surface area contributed by atoms with Crippen molar-refractivity contribution in [1.29, 1.82) is 0 Å². The van der Waals surface area contributed by atoms with E-state index in [4.69, 9.17) is 18.5 Å². The van der Waals surface area contributed by atoms with E-state index in [2.05, 4.69) is 62.5 Å². The van der Waals surface area contributed by atoms with Gasteiger partial charge in [0, 0.05) is 13.0 Å². The Morgan fingerprint density at radius 2 is 1.00 bits per heavy atom. The SMILES string of the molecule is CCCCC/C=C\C/C=C\C/C=C\C/C=C\CCCCO[C@H](CO[14C](=O)CCCCCCCCCCCCCCCCC)COP(=O)(O)OCC[N+](C)(C)C. The molecule has 0 aromatic heterocycles. The third kappa shape index (κ3) is 43.4. The number of carbonyl (C=O) groups excluding carboxylic acids is 1. The summed E-state index contributed by atoms with van der Waals surface area (Å²) in [6.45, 7) is 5.38. The average molecular weight is 799 g/mol. The van der Waals surface area contributed by atoms with Crippen LogP contribution in [0.2, 0.25) is 0 Å². The van der Waals surface area contributed by atoms with Crippen LogP contribution in [0, 0.1) is 0 Å². The van der Waals surface area contributed by atoms with Crippen LogP contribution in [-0.4, -0.2) is 75.6 Å². The second-order valence-corrected chi connectivity index (χ2v) is 17.5. The number of phosphoric acid groups is 1. The zero-order valence-corrected chi connectivity index (χ0v) is 37.3. The van der Waals surface area contributed by atoms with E-state index in [1.165, 1.54) is 103 Å². The van der Waals surface area contributed by atoms with Crippen molar-refractivity contribution in [3.63, 3.8) is 0 Å². The second-order valence-electron chi connectivity index (χ2n) is 16.1. The van der Waals surface area contributed by atoms with Gasteiger partial charge in [0.15, 0.2) is 0 Å². The molecule has 0 aliphatic rings. The summed E-state index contributed by atoms with van der Waals surface area (Å²) in [6, 6.07) is 0. The van der Waals surface area contributed by atoms with Gasteiger partial charge < -0.3 is 18.9 Å². The molecule has 0 saturated heterocycles. The molecule has 1 unspecified atom stereocenters. The zero-order chi connectivity index (χ0) is 40.6. The van der Waals surface area contributed by atoms with E-state index in [1.54, 1.807) is 0 Å². The summed E-state index contributed by atoms with van der Waals surface area (Å²) >= 11 is 0. The number of esters is 1. The summed E-state index contributed by atoms with van der Waals surface area (Å²) in [4.78, 5) is 22.7. The van der Waals surface area contributed by atoms with Gasteiger partial charge in [-0.2, -0.15) is 0 Å². The van der Waals surface area contributed by atoms with Crippen molar-refractivity contribution < 1.29 is 37.3 Å². The molecule has 55 heavy (non-hydrogen) atoms. The molecule has 0 saturated carbocycles. The topological polar surface area (TPSA) is 91.3 Å². The van der Waals surface area contributed by atoms with Crippen LogP contribution in [0.1, 0.15) is 181 Å². The second kappa shape index (κ2) is 39.3. The van der Waals surface area contributed by atoms with Gasteiger partial charge in [0.25, 0.3) is 0 Å². The van der Waals surface area contributed by atoms with Gasteiger partial charge in [-0.25, -0.2) is 4.57 Å². The molecule has 0 amide bonds. The fourth-order valence-corrected chi connectivity index (χ4v) is 6.60. The van der Waals surface area contributed by atoms with E-state index < -0.39 is 13.9 Å². The monoisotopic (exact) mass is 799 g/mol. The van der Waals surface area contributed by atoms with Gasteiger partial charge in [0.1, 0.15) is 25.9 Å². The quantitative estimate of drug-likeness (QED) is 0.0216. The van der Waals surface area contributed by atoms with Crippen LogP contribution in [0.5, 0.6) is 0 Å². The predicted molar refractivity (Wildman–Crippen MR) is 233 cm³/mol. The number of hydrogen-bond acceptors (Lipinski definition) is 6. The first kappa shape index (κ1) is 53.5. The molecule has 0 aliphatic heterocycles. The summed E-state index contributed by atoms with van der Waals surface area (Å²) in [5.41, 5.74) is 0. The average Bonchev–Trinajstić information content (AvgIpc) is 3.14. The van der Waals surface area contributed by atoms with Crippen LogP contribution in [-0.2, 0) is 27.9 Å². The Kier molecular flexibility index (Phi) is 38.2. The molecule has 1 N–H and O–H groups in total. The number of phosphoric ester groups is 1. The van der Waals surface area contributed by atoms with Gasteiger partial charge in [-0.3, -0.25) is 13.8 Å². The lowest BCUT2D eigenvalue weighted by Crippen LogP contribution is -2.37. The highest BCUT2D eigenvalue weighted by Gasteiger charge is 2.25. The maximum Gasteiger partial charge on any atom is 0.472 e. The highest BCUT2D eigenvalue weighted by molar-refractivity contribution is 7.47. The minimum absolute atomic E-state index is 0.0202. The van der Waals surface area contributed by atoms with Crippen LogP contribution in [0.4, 0.5) is 0 Å². The maximum atomic E-state index is 12.5. The molecule has 2 atom stereocenters. The predicted octanol–water partition coefficient (Wildman–Crippen LogP) is 13.2. The number of likely N-dealkylation sites (N-methyl/N-ethyl adjacent to an activating group) is 1. The van der Waals surface area contributed by atoms with E-state index in [0.29, 0.717) is 24.1 Å². The first-order chi connectivity index (χ1) is 26.6. The molecule has 0 rings (SSSR count). The van der Waals surface area contributed by atoms with Gasteiger partial charge in [-0.05, 0) is 57.8 Å². The van der Waals surface area contributed by atoms with E-state index in [0.717, 1.165) is 57.8 Å². The number of hydrogen-bond donors (Lipinski definition) is 1. The van der Waals surface area contributed by atoms with Crippen molar-refractivity contribution in [2.75, 3.05) is 54.1 Å². The Morgan fingerprint density at radius 3 is 1.49 bits per heavy atom. The van der Waals surface area contributed by atoms with Gasteiger partial charge in [-0.1, -0.05) is 165 Å². The molecule has 8 nitrogen and oxygen atoms in total. The molecule has 0 spiro atoms. The number of rotatable bonds is 41. The lowest BCUT2D eigenvalue weighted by Gasteiger charge is -2.24. The highest BCUT2D eigenvalue weighted by Crippen LogP contribution is 2.43. The number of ether oxygens (including phenoxy) is 2.